The minimum Gasteiger partial charge on any atom is -0.462 e. The van der Waals surface area contributed by atoms with Gasteiger partial charge in [-0.15, -0.1) is 0 Å². The Balaban J connectivity index is 4.59. The highest BCUT2D eigenvalue weighted by molar-refractivity contribution is 5.71. The van der Waals surface area contributed by atoms with Gasteiger partial charge in [0.25, 0.3) is 0 Å². The molecule has 6 heteroatoms. The molecule has 0 N–H and O–H groups in total. The number of rotatable bonds is 47. The van der Waals surface area contributed by atoms with Gasteiger partial charge in [0.05, 0.1) is 0 Å². The van der Waals surface area contributed by atoms with E-state index in [4.69, 9.17) is 14.2 Å². The first-order valence-corrected chi connectivity index (χ1v) is 27.3. The lowest BCUT2D eigenvalue weighted by Gasteiger charge is -2.18. The summed E-state index contributed by atoms with van der Waals surface area (Å²) in [7, 11) is 0. The van der Waals surface area contributed by atoms with Gasteiger partial charge in [-0.3, -0.25) is 14.4 Å². The third-order valence-corrected chi connectivity index (χ3v) is 10.8. The van der Waals surface area contributed by atoms with Crippen molar-refractivity contribution in [2.24, 2.45) is 0 Å². The van der Waals surface area contributed by atoms with Crippen molar-refractivity contribution >= 4 is 17.9 Å². The van der Waals surface area contributed by atoms with Crippen LogP contribution in [0.5, 0.6) is 0 Å². The molecule has 0 aromatic carbocycles. The van der Waals surface area contributed by atoms with Crippen LogP contribution in [0.3, 0.4) is 0 Å². The van der Waals surface area contributed by atoms with Gasteiger partial charge in [-0.05, 0) is 135 Å². The topological polar surface area (TPSA) is 78.9 Å². The van der Waals surface area contributed by atoms with Crippen molar-refractivity contribution in [3.05, 3.63) is 146 Å². The molecule has 0 fully saturated rings. The molecule has 0 aromatic rings. The zero-order chi connectivity index (χ0) is 50.0. The average Bonchev–Trinajstić information content (AvgIpc) is 3.35. The number of carbonyl (C=O) groups is 3. The summed E-state index contributed by atoms with van der Waals surface area (Å²) < 4.78 is 16.7. The van der Waals surface area contributed by atoms with E-state index >= 15 is 0 Å². The van der Waals surface area contributed by atoms with Gasteiger partial charge in [0.15, 0.2) is 6.10 Å². The number of allylic oxidation sites excluding steroid dienone is 24. The third-order valence-electron chi connectivity index (χ3n) is 10.8. The summed E-state index contributed by atoms with van der Waals surface area (Å²) in [5.74, 6) is -1.04. The number of carbonyl (C=O) groups excluding carboxylic acids is 3. The van der Waals surface area contributed by atoms with E-state index in [9.17, 15) is 14.4 Å². The van der Waals surface area contributed by atoms with E-state index in [1.807, 2.05) is 0 Å². The maximum absolute atomic E-state index is 12.8. The second kappa shape index (κ2) is 55.9. The van der Waals surface area contributed by atoms with Crippen LogP contribution >= 0.6 is 0 Å². The summed E-state index contributed by atoms with van der Waals surface area (Å²) in [4.78, 5) is 38.1. The molecule has 0 rings (SSSR count). The molecular formula is C63H98O6. The minimum absolute atomic E-state index is 0.125. The molecule has 0 unspecified atom stereocenters. The molecule has 0 aliphatic carbocycles. The van der Waals surface area contributed by atoms with Crippen LogP contribution in [0.1, 0.15) is 213 Å². The average molecular weight is 951 g/mol. The molecule has 0 bridgehead atoms. The van der Waals surface area contributed by atoms with Gasteiger partial charge in [-0.2, -0.15) is 0 Å². The lowest BCUT2D eigenvalue weighted by atomic mass is 10.1. The molecule has 69 heavy (non-hydrogen) atoms. The number of ether oxygens (including phenoxy) is 3. The summed E-state index contributed by atoms with van der Waals surface area (Å²) in [6.07, 6.45) is 79.8. The number of esters is 3. The van der Waals surface area contributed by atoms with E-state index in [0.717, 1.165) is 141 Å². The molecule has 6 nitrogen and oxygen atoms in total. The molecule has 0 aliphatic rings. The Morgan fingerprint density at radius 3 is 0.942 bits per heavy atom. The molecular weight excluding hydrogens is 853 g/mol. The summed E-state index contributed by atoms with van der Waals surface area (Å²) in [6.45, 7) is 6.28. The van der Waals surface area contributed by atoms with Crippen LogP contribution in [0.4, 0.5) is 0 Å². The first-order chi connectivity index (χ1) is 34.0. The molecule has 0 radical (unpaired) electrons. The van der Waals surface area contributed by atoms with E-state index in [-0.39, 0.29) is 37.5 Å². The predicted molar refractivity (Wildman–Crippen MR) is 297 cm³/mol. The zero-order valence-electron chi connectivity index (χ0n) is 44.0. The lowest BCUT2D eigenvalue weighted by molar-refractivity contribution is -0.167. The van der Waals surface area contributed by atoms with Gasteiger partial charge >= 0.3 is 17.9 Å². The Morgan fingerprint density at radius 1 is 0.304 bits per heavy atom. The fourth-order valence-electron chi connectivity index (χ4n) is 6.77. The normalized spacial score (nSPS) is 13.3. The Hall–Kier alpha value is -4.71. The van der Waals surface area contributed by atoms with Crippen molar-refractivity contribution in [3.63, 3.8) is 0 Å². The van der Waals surface area contributed by atoms with E-state index in [1.165, 1.54) is 25.7 Å². The highest BCUT2D eigenvalue weighted by atomic mass is 16.6. The number of hydrogen-bond acceptors (Lipinski definition) is 6. The van der Waals surface area contributed by atoms with Gasteiger partial charge in [-0.25, -0.2) is 0 Å². The van der Waals surface area contributed by atoms with Crippen LogP contribution in [0.25, 0.3) is 0 Å². The second-order valence-corrected chi connectivity index (χ2v) is 17.4. The molecule has 0 aliphatic heterocycles. The van der Waals surface area contributed by atoms with Gasteiger partial charge < -0.3 is 14.2 Å². The van der Waals surface area contributed by atoms with E-state index in [0.29, 0.717) is 19.3 Å². The van der Waals surface area contributed by atoms with Crippen LogP contribution in [0, 0.1) is 0 Å². The first-order valence-electron chi connectivity index (χ1n) is 27.3. The highest BCUT2D eigenvalue weighted by Crippen LogP contribution is 2.11. The maximum atomic E-state index is 12.8. The van der Waals surface area contributed by atoms with Crippen molar-refractivity contribution in [1.82, 2.24) is 0 Å². The van der Waals surface area contributed by atoms with Crippen LogP contribution in [0.2, 0.25) is 0 Å². The largest absolute Gasteiger partial charge is 0.462 e. The van der Waals surface area contributed by atoms with Crippen molar-refractivity contribution in [2.75, 3.05) is 13.2 Å². The predicted octanol–water partition coefficient (Wildman–Crippen LogP) is 18.4. The minimum atomic E-state index is -0.834. The number of unbranched alkanes of at least 4 members (excludes halogenated alkanes) is 12. The van der Waals surface area contributed by atoms with Crippen molar-refractivity contribution in [1.29, 1.82) is 0 Å². The Bertz CT molecular complexity index is 1560. The van der Waals surface area contributed by atoms with Gasteiger partial charge in [0, 0.05) is 19.3 Å². The van der Waals surface area contributed by atoms with Crippen molar-refractivity contribution in [3.8, 4) is 0 Å². The van der Waals surface area contributed by atoms with Crippen LogP contribution < -0.4 is 0 Å². The Kier molecular flexibility index (Phi) is 52.1. The van der Waals surface area contributed by atoms with Crippen LogP contribution in [-0.4, -0.2) is 37.2 Å². The van der Waals surface area contributed by atoms with E-state index in [1.54, 1.807) is 0 Å². The Labute approximate surface area is 423 Å². The van der Waals surface area contributed by atoms with Gasteiger partial charge in [0.1, 0.15) is 13.2 Å². The third kappa shape index (κ3) is 54.1. The quantitative estimate of drug-likeness (QED) is 0.0262. The molecule has 386 valence electrons. The molecule has 0 aromatic heterocycles. The van der Waals surface area contributed by atoms with Gasteiger partial charge in [-0.1, -0.05) is 205 Å². The molecule has 0 saturated heterocycles. The van der Waals surface area contributed by atoms with Crippen molar-refractivity contribution < 1.29 is 28.6 Å². The molecule has 0 saturated carbocycles. The van der Waals surface area contributed by atoms with Crippen LogP contribution in [-0.2, 0) is 28.6 Å². The molecule has 1 atom stereocenters. The molecule has 0 amide bonds. The van der Waals surface area contributed by atoms with Gasteiger partial charge in [0.2, 0.25) is 0 Å². The lowest BCUT2D eigenvalue weighted by Crippen LogP contribution is -2.30. The summed E-state index contributed by atoms with van der Waals surface area (Å²) >= 11 is 0. The second-order valence-electron chi connectivity index (χ2n) is 17.4. The summed E-state index contributed by atoms with van der Waals surface area (Å²) in [5, 5.41) is 0. The zero-order valence-corrected chi connectivity index (χ0v) is 44.0. The fourth-order valence-corrected chi connectivity index (χ4v) is 6.77. The SMILES string of the molecule is CC/C=C\C/C=C\C/C=C\C/C=C\C/C=C\CCCCCC(=O)OC[C@@H](COC(=O)CCCCCCC/C=C\C/C=C\CCCCC)OC(=O)CCC/C=C\C/C=C\C/C=C\C/C=C\C/C=C\CC. The first kappa shape index (κ1) is 64.3. The highest BCUT2D eigenvalue weighted by Gasteiger charge is 2.19. The van der Waals surface area contributed by atoms with Crippen molar-refractivity contribution in [2.45, 2.75) is 219 Å². The van der Waals surface area contributed by atoms with Crippen LogP contribution in [0.15, 0.2) is 146 Å². The fraction of sp³-hybridized carbons (Fsp3) is 0.571. The smallest absolute Gasteiger partial charge is 0.306 e. The van der Waals surface area contributed by atoms with E-state index in [2.05, 4.69) is 167 Å². The standard InChI is InChI=1S/C63H98O6/c1-4-7-10-13-16-19-22-25-28-30-31-33-35-38-41-44-47-50-53-56-62(65)68-59-60(58-67-61(64)55-52-49-46-43-40-37-34-27-24-21-18-15-12-9-6-3)69-63(66)57-54-51-48-45-42-39-36-32-29-26-23-20-17-14-11-8-5-2/h7-8,10-11,16-21,25-29,31,33-34,36,38-39,41,45,48,60H,4-6,9,12-15,22-24,30,32,35,37,40,42-44,46-47,49-59H2,1-3H3/b10-7-,11-8-,19-16-,20-17-,21-18-,28-25-,29-26-,33-31-,34-27-,39-36-,41-38-,48-45-/t60-/m1/s1. The van der Waals surface area contributed by atoms with E-state index < -0.39 is 6.10 Å². The molecule has 0 heterocycles. The summed E-state index contributed by atoms with van der Waals surface area (Å²) in [6, 6.07) is 0. The Morgan fingerprint density at radius 2 is 0.580 bits per heavy atom. The maximum Gasteiger partial charge on any atom is 0.306 e. The molecule has 0 spiro atoms. The summed E-state index contributed by atoms with van der Waals surface area (Å²) in [5.41, 5.74) is 0. The number of hydrogen-bond donors (Lipinski definition) is 0. The monoisotopic (exact) mass is 951 g/mol.